The van der Waals surface area contributed by atoms with Crippen LogP contribution in [0.25, 0.3) is 11.1 Å². The molecule has 5 nitrogen and oxygen atoms in total. The summed E-state index contributed by atoms with van der Waals surface area (Å²) in [6.07, 6.45) is 1.54. The fourth-order valence-electron chi connectivity index (χ4n) is 1.91. The van der Waals surface area contributed by atoms with Gasteiger partial charge in [0.15, 0.2) is 0 Å². The van der Waals surface area contributed by atoms with Crippen LogP contribution in [0.2, 0.25) is 0 Å². The Bertz CT molecular complexity index is 746. The van der Waals surface area contributed by atoms with Crippen LogP contribution in [0.4, 0.5) is 0 Å². The molecular weight excluding hydrogens is 345 g/mol. The minimum atomic E-state index is -0.321. The molecular formula is C12H6IN3O2. The van der Waals surface area contributed by atoms with Gasteiger partial charge in [-0.2, -0.15) is 5.26 Å². The highest BCUT2D eigenvalue weighted by Gasteiger charge is 2.21. The molecule has 1 aliphatic rings. The molecule has 0 N–H and O–H groups in total. The van der Waals surface area contributed by atoms with E-state index in [1.165, 1.54) is 8.98 Å². The minimum absolute atomic E-state index is 0.321. The summed E-state index contributed by atoms with van der Waals surface area (Å²) >= 11 is 1.90. The van der Waals surface area contributed by atoms with Crippen molar-refractivity contribution >= 4 is 22.9 Å². The van der Waals surface area contributed by atoms with Gasteiger partial charge < -0.3 is 4.74 Å². The van der Waals surface area contributed by atoms with E-state index in [0.717, 1.165) is 16.8 Å². The van der Waals surface area contributed by atoms with Crippen molar-refractivity contribution in [3.63, 3.8) is 0 Å². The maximum atomic E-state index is 11.5. The molecule has 0 atom stereocenters. The molecule has 1 aromatic heterocycles. The highest BCUT2D eigenvalue weighted by molar-refractivity contribution is 14.1. The molecule has 88 valence electrons. The second kappa shape index (κ2) is 4.10. The van der Waals surface area contributed by atoms with Crippen LogP contribution in [-0.2, 0) is 6.61 Å². The summed E-state index contributed by atoms with van der Waals surface area (Å²) in [5.74, 6) is 0.707. The third-order valence-corrected chi connectivity index (χ3v) is 3.78. The van der Waals surface area contributed by atoms with Gasteiger partial charge in [0, 0.05) is 17.3 Å². The van der Waals surface area contributed by atoms with E-state index >= 15 is 0 Å². The number of fused-ring (bicyclic) bond motifs is 3. The number of ether oxygens (including phenoxy) is 1. The lowest BCUT2D eigenvalue weighted by atomic mass is 10.0. The molecule has 6 heteroatoms. The predicted molar refractivity (Wildman–Crippen MR) is 72.4 cm³/mol. The predicted octanol–water partition coefficient (Wildman–Crippen LogP) is 1.87. The van der Waals surface area contributed by atoms with Crippen LogP contribution >= 0.6 is 22.9 Å². The maximum Gasteiger partial charge on any atom is 0.356 e. The van der Waals surface area contributed by atoms with Crippen molar-refractivity contribution in [2.24, 2.45) is 0 Å². The number of aromatic nitrogens is 2. The molecule has 0 amide bonds. The number of nitrogens with zero attached hydrogens (tertiary/aromatic N) is 3. The van der Waals surface area contributed by atoms with Gasteiger partial charge >= 0.3 is 5.69 Å². The van der Waals surface area contributed by atoms with Crippen molar-refractivity contribution in [3.05, 3.63) is 46.1 Å². The summed E-state index contributed by atoms with van der Waals surface area (Å²) in [7, 11) is 0. The largest absolute Gasteiger partial charge is 0.487 e. The first-order valence-electron chi connectivity index (χ1n) is 5.15. The van der Waals surface area contributed by atoms with E-state index in [-0.39, 0.29) is 5.69 Å². The first-order valence-corrected chi connectivity index (χ1v) is 6.11. The van der Waals surface area contributed by atoms with Gasteiger partial charge in [-0.25, -0.2) is 12.6 Å². The van der Waals surface area contributed by atoms with Crippen molar-refractivity contribution < 1.29 is 4.74 Å². The molecule has 3 rings (SSSR count). The van der Waals surface area contributed by atoms with Crippen molar-refractivity contribution in [1.29, 1.82) is 5.26 Å². The topological polar surface area (TPSA) is 67.9 Å². The van der Waals surface area contributed by atoms with E-state index in [4.69, 9.17) is 10.00 Å². The highest BCUT2D eigenvalue weighted by Crippen LogP contribution is 2.37. The lowest BCUT2D eigenvalue weighted by molar-refractivity contribution is 0.295. The van der Waals surface area contributed by atoms with E-state index in [1.807, 2.05) is 22.9 Å². The molecule has 0 saturated carbocycles. The smallest absolute Gasteiger partial charge is 0.356 e. The van der Waals surface area contributed by atoms with Gasteiger partial charge in [0.25, 0.3) is 0 Å². The Morgan fingerprint density at radius 1 is 1.44 bits per heavy atom. The normalized spacial score (nSPS) is 12.0. The lowest BCUT2D eigenvalue weighted by Crippen LogP contribution is -2.22. The fourth-order valence-corrected chi connectivity index (χ4v) is 2.43. The monoisotopic (exact) mass is 351 g/mol. The molecule has 0 aliphatic carbocycles. The lowest BCUT2D eigenvalue weighted by Gasteiger charge is -2.21. The molecule has 1 aromatic carbocycles. The van der Waals surface area contributed by atoms with Crippen LogP contribution in [0.5, 0.6) is 5.75 Å². The Hall–Kier alpha value is -1.88. The molecule has 0 fully saturated rings. The zero-order valence-electron chi connectivity index (χ0n) is 9.05. The summed E-state index contributed by atoms with van der Waals surface area (Å²) in [6, 6.07) is 7.30. The summed E-state index contributed by atoms with van der Waals surface area (Å²) in [5, 5.41) is 8.92. The van der Waals surface area contributed by atoms with E-state index in [0.29, 0.717) is 17.9 Å². The number of nitriles is 1. The number of hydrogen-bond acceptors (Lipinski definition) is 4. The number of hydrogen-bond donors (Lipinski definition) is 0. The molecule has 0 spiro atoms. The van der Waals surface area contributed by atoms with Gasteiger partial charge in [0.2, 0.25) is 0 Å². The van der Waals surface area contributed by atoms with Crippen molar-refractivity contribution in [2.75, 3.05) is 0 Å². The molecule has 2 heterocycles. The van der Waals surface area contributed by atoms with E-state index < -0.39 is 0 Å². The Morgan fingerprint density at radius 2 is 2.28 bits per heavy atom. The second-order valence-corrected chi connectivity index (χ2v) is 4.76. The summed E-state index contributed by atoms with van der Waals surface area (Å²) in [6.45, 7) is 0.328. The van der Waals surface area contributed by atoms with Gasteiger partial charge in [-0.1, -0.05) is 0 Å². The van der Waals surface area contributed by atoms with Crippen molar-refractivity contribution in [1.82, 2.24) is 7.76 Å². The Balaban J connectivity index is 2.32. The van der Waals surface area contributed by atoms with Gasteiger partial charge in [0.05, 0.1) is 40.2 Å². The summed E-state index contributed by atoms with van der Waals surface area (Å²) in [5.41, 5.74) is 2.63. The first-order chi connectivity index (χ1) is 8.70. The molecule has 1 aliphatic heterocycles. The zero-order chi connectivity index (χ0) is 12.7. The van der Waals surface area contributed by atoms with Crippen LogP contribution < -0.4 is 10.4 Å². The number of benzene rings is 1. The Morgan fingerprint density at radius 3 is 3.06 bits per heavy atom. The fraction of sp³-hybridized carbons (Fsp3) is 0.0833. The second-order valence-electron chi connectivity index (χ2n) is 3.79. The average molecular weight is 351 g/mol. The first kappa shape index (κ1) is 11.2. The van der Waals surface area contributed by atoms with E-state index in [9.17, 15) is 4.79 Å². The molecule has 0 radical (unpaired) electrons. The summed E-state index contributed by atoms with van der Waals surface area (Å²) in [4.78, 5) is 15.3. The van der Waals surface area contributed by atoms with Crippen LogP contribution in [0.1, 0.15) is 11.3 Å². The van der Waals surface area contributed by atoms with Gasteiger partial charge in [0.1, 0.15) is 12.4 Å². The standard InChI is InChI=1S/C12H6IN3O2/c13-16-10-6-18-11-2-1-7(4-14)3-8(11)9(10)5-15-12(16)17/h1-3,5H,6H2. The molecule has 18 heavy (non-hydrogen) atoms. The van der Waals surface area contributed by atoms with E-state index in [1.54, 1.807) is 18.2 Å². The van der Waals surface area contributed by atoms with Gasteiger partial charge in [-0.3, -0.25) is 0 Å². The molecule has 0 saturated heterocycles. The molecule has 0 bridgehead atoms. The van der Waals surface area contributed by atoms with Crippen LogP contribution in [0.3, 0.4) is 0 Å². The van der Waals surface area contributed by atoms with E-state index in [2.05, 4.69) is 11.1 Å². The molecule has 0 unspecified atom stereocenters. The number of halogens is 1. The van der Waals surface area contributed by atoms with Crippen LogP contribution in [-0.4, -0.2) is 7.76 Å². The quantitative estimate of drug-likeness (QED) is 0.680. The Kier molecular flexibility index (Phi) is 2.56. The minimum Gasteiger partial charge on any atom is -0.487 e. The SMILES string of the molecule is N#Cc1ccc2c(c1)-c1cnc(=O)n(I)c1CO2. The van der Waals surface area contributed by atoms with Gasteiger partial charge in [-0.15, -0.1) is 0 Å². The Labute approximate surface area is 116 Å². The average Bonchev–Trinajstić information content (AvgIpc) is 2.41. The van der Waals surface area contributed by atoms with Crippen LogP contribution in [0, 0.1) is 11.3 Å². The van der Waals surface area contributed by atoms with Crippen molar-refractivity contribution in [2.45, 2.75) is 6.61 Å². The zero-order valence-corrected chi connectivity index (χ0v) is 11.2. The molecule has 2 aromatic rings. The van der Waals surface area contributed by atoms with Crippen LogP contribution in [0.15, 0.2) is 29.2 Å². The maximum absolute atomic E-state index is 11.5. The third-order valence-electron chi connectivity index (χ3n) is 2.78. The van der Waals surface area contributed by atoms with Crippen molar-refractivity contribution in [3.8, 4) is 22.9 Å². The summed E-state index contributed by atoms with van der Waals surface area (Å²) < 4.78 is 7.02. The third kappa shape index (κ3) is 1.59. The number of rotatable bonds is 0. The van der Waals surface area contributed by atoms with Gasteiger partial charge in [-0.05, 0) is 18.2 Å². The highest BCUT2D eigenvalue weighted by atomic mass is 127.